The predicted molar refractivity (Wildman–Crippen MR) is 147 cm³/mol. The van der Waals surface area contributed by atoms with Gasteiger partial charge in [-0.25, -0.2) is 4.79 Å². The summed E-state index contributed by atoms with van der Waals surface area (Å²) in [4.78, 5) is 13.6. The minimum Gasteiger partial charge on any atom is -0.476 e. The Labute approximate surface area is 225 Å². The number of fused-ring (bicyclic) bond motifs is 1. The number of carbonyl (C=O) groups is 1. The molecule has 1 spiro atoms. The Morgan fingerprint density at radius 3 is 2.61 bits per heavy atom. The normalized spacial score (nSPS) is 18.5. The van der Waals surface area contributed by atoms with Crippen molar-refractivity contribution in [2.24, 2.45) is 5.41 Å². The van der Waals surface area contributed by atoms with Gasteiger partial charge in [0.2, 0.25) is 0 Å². The van der Waals surface area contributed by atoms with Crippen LogP contribution in [0.15, 0.2) is 53.1 Å². The van der Waals surface area contributed by atoms with Crippen LogP contribution in [0.3, 0.4) is 0 Å². The summed E-state index contributed by atoms with van der Waals surface area (Å²) in [5.41, 5.74) is 7.45. The molecule has 3 aliphatic rings. The van der Waals surface area contributed by atoms with E-state index in [0.717, 1.165) is 78.8 Å². The molecule has 2 fully saturated rings. The van der Waals surface area contributed by atoms with E-state index in [9.17, 15) is 9.90 Å². The molecule has 0 bridgehead atoms. The summed E-state index contributed by atoms with van der Waals surface area (Å²) in [5, 5.41) is 23.2. The molecule has 3 heterocycles. The number of piperidine rings is 1. The van der Waals surface area contributed by atoms with Gasteiger partial charge in [0.25, 0.3) is 0 Å². The van der Waals surface area contributed by atoms with Crippen molar-refractivity contribution in [3.8, 4) is 11.3 Å². The number of hydrogen-bond acceptors (Lipinski definition) is 6. The summed E-state index contributed by atoms with van der Waals surface area (Å²) in [6, 6.07) is 13.5. The summed E-state index contributed by atoms with van der Waals surface area (Å²) in [6.07, 6.45) is 7.96. The molecule has 0 radical (unpaired) electrons. The largest absolute Gasteiger partial charge is 0.476 e. The molecule has 0 amide bonds. The Morgan fingerprint density at radius 2 is 1.89 bits per heavy atom. The van der Waals surface area contributed by atoms with E-state index < -0.39 is 5.97 Å². The molecule has 7 nitrogen and oxygen atoms in total. The van der Waals surface area contributed by atoms with Gasteiger partial charge in [-0.2, -0.15) is 0 Å². The topological polar surface area (TPSA) is 92.4 Å². The maximum atomic E-state index is 11.2. The molecule has 2 aromatic carbocycles. The van der Waals surface area contributed by atoms with Gasteiger partial charge in [0.05, 0.1) is 10.5 Å². The SMILES string of the molecule is Cc1cccc(Cl)c1-c1noc(C2CC2)c1C1=CC2(CCN(c3ccc4cc(C(=O)O)nnc4c3)CC2)C1. The van der Waals surface area contributed by atoms with E-state index >= 15 is 0 Å². The van der Waals surface area contributed by atoms with Crippen LogP contribution in [0.25, 0.3) is 27.7 Å². The summed E-state index contributed by atoms with van der Waals surface area (Å²) in [6.45, 7) is 3.98. The van der Waals surface area contributed by atoms with Crippen molar-refractivity contribution in [2.45, 2.75) is 44.9 Å². The minimum absolute atomic E-state index is 0.0386. The lowest BCUT2D eigenvalue weighted by molar-refractivity contribution is 0.0689. The van der Waals surface area contributed by atoms with E-state index in [4.69, 9.17) is 16.1 Å². The Hall–Kier alpha value is -3.71. The van der Waals surface area contributed by atoms with Gasteiger partial charge >= 0.3 is 5.97 Å². The van der Waals surface area contributed by atoms with E-state index in [1.807, 2.05) is 30.3 Å². The first-order chi connectivity index (χ1) is 18.4. The highest BCUT2D eigenvalue weighted by Crippen LogP contribution is 2.56. The van der Waals surface area contributed by atoms with Crippen molar-refractivity contribution in [1.29, 1.82) is 0 Å². The monoisotopic (exact) mass is 526 g/mol. The van der Waals surface area contributed by atoms with Crippen molar-refractivity contribution < 1.29 is 14.4 Å². The molecule has 7 rings (SSSR count). The molecule has 8 heteroatoms. The molecule has 2 aromatic heterocycles. The molecular weight excluding hydrogens is 500 g/mol. The fourth-order valence-corrected chi connectivity index (χ4v) is 6.39. The summed E-state index contributed by atoms with van der Waals surface area (Å²) < 4.78 is 5.95. The van der Waals surface area contributed by atoms with Crippen molar-refractivity contribution in [2.75, 3.05) is 18.0 Å². The molecule has 1 saturated carbocycles. The van der Waals surface area contributed by atoms with Gasteiger partial charge in [0.15, 0.2) is 5.69 Å². The third kappa shape index (κ3) is 3.88. The standard InChI is InChI=1S/C30H27ClN4O3/c1-17-3-2-4-22(31)25(17)27-26(28(38-34-27)18-5-6-18)20-15-30(16-20)9-11-35(12-10-30)21-8-7-19-13-24(29(36)37)33-32-23(19)14-21/h2-4,7-8,13-15,18H,5-6,9-12,16H2,1H3,(H,36,37). The van der Waals surface area contributed by atoms with Gasteiger partial charge in [-0.1, -0.05) is 41.0 Å². The number of hydrogen-bond donors (Lipinski definition) is 1. The Morgan fingerprint density at radius 1 is 1.11 bits per heavy atom. The number of nitrogens with zero attached hydrogens (tertiary/aromatic N) is 4. The van der Waals surface area contributed by atoms with E-state index in [0.29, 0.717) is 16.5 Å². The number of carboxylic acid groups (broad SMARTS) is 1. The van der Waals surface area contributed by atoms with Gasteiger partial charge in [0.1, 0.15) is 11.5 Å². The summed E-state index contributed by atoms with van der Waals surface area (Å²) >= 11 is 6.64. The molecule has 2 aliphatic carbocycles. The van der Waals surface area contributed by atoms with Crippen molar-refractivity contribution in [1.82, 2.24) is 15.4 Å². The second kappa shape index (κ2) is 8.67. The second-order valence-corrected chi connectivity index (χ2v) is 11.4. The smallest absolute Gasteiger partial charge is 0.356 e. The number of allylic oxidation sites excluding steroid dienone is 2. The van der Waals surface area contributed by atoms with Gasteiger partial charge in [-0.15, -0.1) is 10.2 Å². The molecule has 38 heavy (non-hydrogen) atoms. The molecule has 0 unspecified atom stereocenters. The van der Waals surface area contributed by atoms with Crippen LogP contribution in [-0.4, -0.2) is 39.5 Å². The maximum absolute atomic E-state index is 11.2. The number of aromatic nitrogens is 3. The van der Waals surface area contributed by atoms with Crippen LogP contribution in [0.2, 0.25) is 5.02 Å². The number of rotatable bonds is 5. The quantitative estimate of drug-likeness (QED) is 0.302. The van der Waals surface area contributed by atoms with Crippen molar-refractivity contribution >= 4 is 39.7 Å². The number of halogens is 1. The molecule has 192 valence electrons. The highest BCUT2D eigenvalue weighted by atomic mass is 35.5. The molecule has 0 atom stereocenters. The van der Waals surface area contributed by atoms with Crippen LogP contribution in [0.5, 0.6) is 0 Å². The number of aryl methyl sites for hydroxylation is 1. The fraction of sp³-hybridized carbons (Fsp3) is 0.333. The van der Waals surface area contributed by atoms with Crippen LogP contribution >= 0.6 is 11.6 Å². The van der Waals surface area contributed by atoms with E-state index in [1.165, 1.54) is 11.1 Å². The number of aromatic carboxylic acids is 1. The van der Waals surface area contributed by atoms with Gasteiger partial charge in [0, 0.05) is 41.2 Å². The summed E-state index contributed by atoms with van der Waals surface area (Å²) in [5.74, 6) is 0.430. The van der Waals surface area contributed by atoms with Crippen LogP contribution in [-0.2, 0) is 0 Å². The first-order valence-electron chi connectivity index (χ1n) is 13.1. The first-order valence-corrected chi connectivity index (χ1v) is 13.5. The van der Waals surface area contributed by atoms with Crippen LogP contribution in [0, 0.1) is 12.3 Å². The highest BCUT2D eigenvalue weighted by Gasteiger charge is 2.44. The lowest BCUT2D eigenvalue weighted by Crippen LogP contribution is -2.42. The lowest BCUT2D eigenvalue weighted by Gasteiger charge is -2.47. The van der Waals surface area contributed by atoms with Crippen LogP contribution < -0.4 is 4.90 Å². The van der Waals surface area contributed by atoms with E-state index in [1.54, 1.807) is 6.07 Å². The predicted octanol–water partition coefficient (Wildman–Crippen LogP) is 6.90. The Kier molecular flexibility index (Phi) is 5.34. The van der Waals surface area contributed by atoms with Crippen LogP contribution in [0.1, 0.15) is 65.4 Å². The third-order valence-corrected chi connectivity index (χ3v) is 8.70. The molecule has 1 aliphatic heterocycles. The van der Waals surface area contributed by atoms with Gasteiger partial charge < -0.3 is 14.5 Å². The molecule has 1 saturated heterocycles. The third-order valence-electron chi connectivity index (χ3n) is 8.38. The van der Waals surface area contributed by atoms with E-state index in [2.05, 4.69) is 39.3 Å². The zero-order valence-corrected chi connectivity index (χ0v) is 21.8. The number of benzene rings is 2. The van der Waals surface area contributed by atoms with E-state index in [-0.39, 0.29) is 11.1 Å². The second-order valence-electron chi connectivity index (χ2n) is 11.0. The van der Waals surface area contributed by atoms with Gasteiger partial charge in [-0.05, 0) is 79.8 Å². The number of carboxylic acids is 1. The van der Waals surface area contributed by atoms with Gasteiger partial charge in [-0.3, -0.25) is 0 Å². The average Bonchev–Trinajstić information content (AvgIpc) is 3.66. The maximum Gasteiger partial charge on any atom is 0.356 e. The van der Waals surface area contributed by atoms with Crippen molar-refractivity contribution in [3.63, 3.8) is 0 Å². The molecule has 4 aromatic rings. The van der Waals surface area contributed by atoms with Crippen LogP contribution in [0.4, 0.5) is 5.69 Å². The lowest BCUT2D eigenvalue weighted by atomic mass is 9.63. The zero-order valence-electron chi connectivity index (χ0n) is 21.1. The Balaban J connectivity index is 1.13. The summed E-state index contributed by atoms with van der Waals surface area (Å²) in [7, 11) is 0. The number of anilines is 1. The first kappa shape index (κ1) is 23.4. The highest BCUT2D eigenvalue weighted by molar-refractivity contribution is 6.33. The van der Waals surface area contributed by atoms with Crippen molar-refractivity contribution in [3.05, 3.63) is 76.1 Å². The zero-order chi connectivity index (χ0) is 26.0. The minimum atomic E-state index is -1.07. The molecule has 1 N–H and O–H groups in total. The molecular formula is C30H27ClN4O3. The Bertz CT molecular complexity index is 1610. The fourth-order valence-electron chi connectivity index (χ4n) is 6.08. The average molecular weight is 527 g/mol.